The smallest absolute Gasteiger partial charge is 0.135 e. The van der Waals surface area contributed by atoms with Gasteiger partial charge in [-0.1, -0.05) is 172 Å². The number of hydrogen-bond acceptors (Lipinski definition) is 2. The van der Waals surface area contributed by atoms with Crippen LogP contribution < -0.4 is 4.90 Å². The summed E-state index contributed by atoms with van der Waals surface area (Å²) in [4.78, 5) is 2.46. The van der Waals surface area contributed by atoms with Crippen LogP contribution >= 0.6 is 0 Å². The number of fused-ring (bicyclic) bond motifs is 9. The van der Waals surface area contributed by atoms with Crippen LogP contribution in [0, 0.1) is 0 Å². The molecule has 2 nitrogen and oxygen atoms in total. The maximum Gasteiger partial charge on any atom is 0.135 e. The van der Waals surface area contributed by atoms with E-state index in [0.29, 0.717) is 0 Å². The van der Waals surface area contributed by atoms with E-state index in [1.807, 2.05) is 12.1 Å². The lowest BCUT2D eigenvalue weighted by atomic mass is 9.81. The molecule has 1 heterocycles. The highest BCUT2D eigenvalue weighted by atomic mass is 16.3. The van der Waals surface area contributed by atoms with Crippen LogP contribution in [0.4, 0.5) is 17.1 Å². The molecule has 0 amide bonds. The number of nitrogens with zero attached hydrogens (tertiary/aromatic N) is 1. The van der Waals surface area contributed by atoms with E-state index in [9.17, 15) is 0 Å². The molecule has 1 aromatic heterocycles. The Labute approximate surface area is 355 Å². The van der Waals surface area contributed by atoms with Gasteiger partial charge in [-0.15, -0.1) is 0 Å². The Balaban J connectivity index is 0.949. The van der Waals surface area contributed by atoms with Crippen LogP contribution in [0.25, 0.3) is 88.0 Å². The lowest BCUT2D eigenvalue weighted by Crippen LogP contribution is -2.17. The average Bonchev–Trinajstić information content (AvgIpc) is 3.80. The summed E-state index contributed by atoms with van der Waals surface area (Å²) in [5, 5.41) is 7.25. The largest absolute Gasteiger partial charge is 0.456 e. The molecule has 1 aliphatic rings. The highest BCUT2D eigenvalue weighted by molar-refractivity contribution is 6.14. The number of anilines is 3. The first kappa shape index (κ1) is 35.3. The minimum Gasteiger partial charge on any atom is -0.456 e. The summed E-state index contributed by atoms with van der Waals surface area (Å²) in [6.45, 7) is 4.76. The zero-order valence-corrected chi connectivity index (χ0v) is 34.1. The third-order valence-corrected chi connectivity index (χ3v) is 13.1. The van der Waals surface area contributed by atoms with E-state index < -0.39 is 0 Å². The summed E-state index contributed by atoms with van der Waals surface area (Å²) >= 11 is 0. The molecule has 0 saturated carbocycles. The van der Waals surface area contributed by atoms with Crippen LogP contribution in [0.1, 0.15) is 25.0 Å². The van der Waals surface area contributed by atoms with Crippen molar-refractivity contribution in [3.05, 3.63) is 223 Å². The van der Waals surface area contributed by atoms with E-state index in [-0.39, 0.29) is 5.41 Å². The first-order valence-corrected chi connectivity index (χ1v) is 21.2. The topological polar surface area (TPSA) is 16.4 Å². The van der Waals surface area contributed by atoms with Crippen molar-refractivity contribution in [2.75, 3.05) is 4.90 Å². The molecule has 0 bridgehead atoms. The summed E-state index contributed by atoms with van der Waals surface area (Å²) in [6, 6.07) is 77.6. The van der Waals surface area contributed by atoms with Gasteiger partial charge in [-0.25, -0.2) is 0 Å². The molecule has 0 N–H and O–H groups in total. The maximum absolute atomic E-state index is 6.10. The zero-order valence-electron chi connectivity index (χ0n) is 34.1. The molecule has 61 heavy (non-hydrogen) atoms. The Hall–Kier alpha value is -7.68. The number of rotatable bonds is 6. The van der Waals surface area contributed by atoms with Crippen LogP contribution in [-0.4, -0.2) is 0 Å². The fourth-order valence-electron chi connectivity index (χ4n) is 9.89. The van der Waals surface area contributed by atoms with Crippen LogP contribution in [0.5, 0.6) is 0 Å². The molecule has 11 aromatic rings. The van der Waals surface area contributed by atoms with Crippen molar-refractivity contribution in [2.24, 2.45) is 0 Å². The van der Waals surface area contributed by atoms with Crippen LogP contribution in [0.15, 0.2) is 217 Å². The molecule has 0 fully saturated rings. The van der Waals surface area contributed by atoms with E-state index in [1.54, 1.807) is 0 Å². The van der Waals surface area contributed by atoms with Gasteiger partial charge in [-0.3, -0.25) is 0 Å². The molecule has 1 aliphatic carbocycles. The highest BCUT2D eigenvalue weighted by Crippen LogP contribution is 2.52. The number of para-hydroxylation sites is 1. The fraction of sp³-hybridized carbons (Fsp3) is 0.0508. The fourth-order valence-corrected chi connectivity index (χ4v) is 9.89. The van der Waals surface area contributed by atoms with Gasteiger partial charge in [0.2, 0.25) is 0 Å². The van der Waals surface area contributed by atoms with Crippen LogP contribution in [0.3, 0.4) is 0 Å². The molecule has 0 aliphatic heterocycles. The molecule has 2 heteroatoms. The van der Waals surface area contributed by atoms with E-state index in [0.717, 1.165) is 39.0 Å². The SMILES string of the molecule is CC1(C)c2cc(-c3ccccc3)ccc2-c2ccc(N(c3ccc(-c4ccc(-c5ccc6oc7ccccc7c6c5)cc4)cc3)c3cc4ccccc4c4ccccc34)cc21. The number of furan rings is 1. The molecule has 0 atom stereocenters. The van der Waals surface area contributed by atoms with Gasteiger partial charge in [-0.05, 0) is 126 Å². The Kier molecular flexibility index (Phi) is 7.92. The summed E-state index contributed by atoms with van der Waals surface area (Å²) in [5.41, 5.74) is 17.6. The Morgan fingerprint density at radius 1 is 0.344 bits per heavy atom. The standard InChI is InChI=1S/C59H41NO/c1-59(2)54-35-43(38-12-4-3-5-13-38)26-31-49(54)50-32-30-46(37-55(50)59)60(56-36-44-14-6-7-15-47(44)48-16-8-9-17-51(48)56)45-28-24-40(25-29-45)39-20-22-41(23-21-39)42-27-33-58-53(34-42)52-18-10-11-19-57(52)61-58/h3-37H,1-2H3. The number of benzene rings is 10. The Bertz CT molecular complexity index is 3480. The van der Waals surface area contributed by atoms with Crippen molar-refractivity contribution in [3.8, 4) is 44.5 Å². The van der Waals surface area contributed by atoms with E-state index in [1.165, 1.54) is 77.2 Å². The van der Waals surface area contributed by atoms with Crippen molar-refractivity contribution in [3.63, 3.8) is 0 Å². The first-order valence-electron chi connectivity index (χ1n) is 21.2. The van der Waals surface area contributed by atoms with Gasteiger partial charge in [0.25, 0.3) is 0 Å². The predicted molar refractivity (Wildman–Crippen MR) is 257 cm³/mol. The van der Waals surface area contributed by atoms with E-state index >= 15 is 0 Å². The first-order chi connectivity index (χ1) is 30.0. The molecule has 10 aromatic carbocycles. The second-order valence-electron chi connectivity index (χ2n) is 16.9. The van der Waals surface area contributed by atoms with Crippen molar-refractivity contribution in [2.45, 2.75) is 19.3 Å². The second-order valence-corrected chi connectivity index (χ2v) is 16.9. The zero-order chi connectivity index (χ0) is 40.7. The third kappa shape index (κ3) is 5.71. The lowest BCUT2D eigenvalue weighted by Gasteiger charge is -2.29. The molecule has 0 unspecified atom stereocenters. The van der Waals surface area contributed by atoms with Gasteiger partial charge in [-0.2, -0.15) is 0 Å². The molecule has 288 valence electrons. The Morgan fingerprint density at radius 3 is 1.62 bits per heavy atom. The molecule has 12 rings (SSSR count). The van der Waals surface area contributed by atoms with Crippen molar-refractivity contribution >= 4 is 60.5 Å². The monoisotopic (exact) mass is 779 g/mol. The van der Waals surface area contributed by atoms with Gasteiger partial charge >= 0.3 is 0 Å². The molecule has 0 spiro atoms. The van der Waals surface area contributed by atoms with Crippen molar-refractivity contribution < 1.29 is 4.42 Å². The summed E-state index contributed by atoms with van der Waals surface area (Å²) in [5.74, 6) is 0. The van der Waals surface area contributed by atoms with E-state index in [2.05, 4.69) is 219 Å². The molecule has 0 radical (unpaired) electrons. The molecular weight excluding hydrogens is 739 g/mol. The van der Waals surface area contributed by atoms with Gasteiger partial charge in [0.05, 0.1) is 5.69 Å². The average molecular weight is 780 g/mol. The van der Waals surface area contributed by atoms with Gasteiger partial charge in [0.1, 0.15) is 11.2 Å². The number of hydrogen-bond donors (Lipinski definition) is 0. The molecule has 0 saturated heterocycles. The third-order valence-electron chi connectivity index (χ3n) is 13.1. The van der Waals surface area contributed by atoms with Crippen molar-refractivity contribution in [1.82, 2.24) is 0 Å². The van der Waals surface area contributed by atoms with Gasteiger partial charge < -0.3 is 9.32 Å². The second kappa shape index (κ2) is 13.7. The molecular formula is C59H41NO. The van der Waals surface area contributed by atoms with Crippen LogP contribution in [-0.2, 0) is 5.41 Å². The van der Waals surface area contributed by atoms with Gasteiger partial charge in [0.15, 0.2) is 0 Å². The quantitative estimate of drug-likeness (QED) is 0.156. The maximum atomic E-state index is 6.10. The Morgan fingerprint density at radius 2 is 0.852 bits per heavy atom. The predicted octanol–water partition coefficient (Wildman–Crippen LogP) is 16.7. The summed E-state index contributed by atoms with van der Waals surface area (Å²) < 4.78 is 6.10. The normalized spacial score (nSPS) is 12.9. The summed E-state index contributed by atoms with van der Waals surface area (Å²) in [7, 11) is 0. The van der Waals surface area contributed by atoms with Crippen LogP contribution in [0.2, 0.25) is 0 Å². The van der Waals surface area contributed by atoms with Crippen molar-refractivity contribution in [1.29, 1.82) is 0 Å². The minimum atomic E-state index is -0.184. The van der Waals surface area contributed by atoms with E-state index in [4.69, 9.17) is 4.42 Å². The summed E-state index contributed by atoms with van der Waals surface area (Å²) in [6.07, 6.45) is 0. The van der Waals surface area contributed by atoms with Gasteiger partial charge in [0, 0.05) is 32.9 Å². The minimum absolute atomic E-state index is 0.184. The lowest BCUT2D eigenvalue weighted by molar-refractivity contribution is 0.660. The highest BCUT2D eigenvalue weighted by Gasteiger charge is 2.36.